The summed E-state index contributed by atoms with van der Waals surface area (Å²) in [7, 11) is -3.74. The Labute approximate surface area is 208 Å². The van der Waals surface area contributed by atoms with E-state index in [0.717, 1.165) is 40.3 Å². The lowest BCUT2D eigenvalue weighted by molar-refractivity contribution is 0.0731. The number of H-pyrrole nitrogens is 1. The Balaban J connectivity index is 1.42. The summed E-state index contributed by atoms with van der Waals surface area (Å²) in [4.78, 5) is 21.7. The van der Waals surface area contributed by atoms with Crippen LogP contribution in [0.15, 0.2) is 72.0 Å². The summed E-state index contributed by atoms with van der Waals surface area (Å²) in [6.07, 6.45) is 4.35. The third-order valence-corrected chi connectivity index (χ3v) is 7.45. The molecule has 1 aliphatic heterocycles. The fourth-order valence-electron chi connectivity index (χ4n) is 4.35. The van der Waals surface area contributed by atoms with Gasteiger partial charge in [0.2, 0.25) is 0 Å². The summed E-state index contributed by atoms with van der Waals surface area (Å²) in [5.74, 6) is -0.577. The van der Waals surface area contributed by atoms with Crippen LogP contribution in [0.25, 0.3) is 22.4 Å². The fourth-order valence-corrected chi connectivity index (χ4v) is 5.15. The van der Waals surface area contributed by atoms with Crippen molar-refractivity contribution in [2.45, 2.75) is 18.4 Å². The predicted octanol–water partition coefficient (Wildman–Crippen LogP) is 4.63. The van der Waals surface area contributed by atoms with Crippen LogP contribution in [0, 0.1) is 12.7 Å². The molecular formula is C27H24FN3O4S. The van der Waals surface area contributed by atoms with Gasteiger partial charge in [-0.2, -0.15) is 0 Å². The standard InChI is InChI=1S/C27H24FN3O4S/c1-17-22(8-10-25(26(17)28)36(2,33)34)27(32)31-11-12-35-24-9-7-20(13-21(24)15-31)18-3-5-19(6-4-18)23-14-29-16-30-23/h3-10,13-14,16H,11-12,15H2,1-2H3,(H,29,30). The molecule has 0 bridgehead atoms. The lowest BCUT2D eigenvalue weighted by Crippen LogP contribution is -2.33. The van der Waals surface area contributed by atoms with Crippen molar-refractivity contribution in [3.63, 3.8) is 0 Å². The van der Waals surface area contributed by atoms with Gasteiger partial charge in [0.15, 0.2) is 9.84 Å². The van der Waals surface area contributed by atoms with Gasteiger partial charge in [0.25, 0.3) is 5.91 Å². The molecule has 4 aromatic rings. The summed E-state index contributed by atoms with van der Waals surface area (Å²) >= 11 is 0. The molecule has 2 heterocycles. The monoisotopic (exact) mass is 505 g/mol. The number of hydrogen-bond donors (Lipinski definition) is 1. The van der Waals surface area contributed by atoms with E-state index in [0.29, 0.717) is 18.9 Å². The first-order valence-electron chi connectivity index (χ1n) is 11.4. The molecule has 1 N–H and O–H groups in total. The summed E-state index contributed by atoms with van der Waals surface area (Å²) < 4.78 is 44.4. The molecular weight excluding hydrogens is 481 g/mol. The summed E-state index contributed by atoms with van der Waals surface area (Å²) in [5, 5.41) is 0. The minimum Gasteiger partial charge on any atom is -0.491 e. The van der Waals surface area contributed by atoms with Crippen LogP contribution in [0.4, 0.5) is 4.39 Å². The quantitative estimate of drug-likeness (QED) is 0.437. The van der Waals surface area contributed by atoms with E-state index < -0.39 is 20.5 Å². The largest absolute Gasteiger partial charge is 0.491 e. The van der Waals surface area contributed by atoms with Crippen molar-refractivity contribution in [2.24, 2.45) is 0 Å². The lowest BCUT2D eigenvalue weighted by atomic mass is 10.00. The topological polar surface area (TPSA) is 92.4 Å². The minimum absolute atomic E-state index is 0.0134. The molecule has 184 valence electrons. The number of amides is 1. The van der Waals surface area contributed by atoms with Gasteiger partial charge >= 0.3 is 0 Å². The number of rotatable bonds is 4. The molecule has 0 unspecified atom stereocenters. The second-order valence-electron chi connectivity index (χ2n) is 8.76. The number of carbonyl (C=O) groups excluding carboxylic acids is 1. The molecule has 1 aromatic heterocycles. The highest BCUT2D eigenvalue weighted by Crippen LogP contribution is 2.31. The summed E-state index contributed by atoms with van der Waals surface area (Å²) in [6.45, 7) is 2.31. The maximum Gasteiger partial charge on any atom is 0.254 e. The molecule has 0 fully saturated rings. The maximum atomic E-state index is 14.8. The van der Waals surface area contributed by atoms with Crippen LogP contribution in [0.5, 0.6) is 5.75 Å². The normalized spacial score (nSPS) is 13.6. The van der Waals surface area contributed by atoms with Gasteiger partial charge in [0, 0.05) is 23.9 Å². The van der Waals surface area contributed by atoms with E-state index in [1.807, 2.05) is 42.5 Å². The predicted molar refractivity (Wildman–Crippen MR) is 134 cm³/mol. The van der Waals surface area contributed by atoms with Crippen molar-refractivity contribution in [1.29, 1.82) is 0 Å². The molecule has 1 aliphatic rings. The molecule has 9 heteroatoms. The van der Waals surface area contributed by atoms with Gasteiger partial charge in [0.05, 0.1) is 24.8 Å². The molecule has 0 saturated heterocycles. The van der Waals surface area contributed by atoms with Crippen molar-refractivity contribution < 1.29 is 22.3 Å². The van der Waals surface area contributed by atoms with Crippen molar-refractivity contribution >= 4 is 15.7 Å². The number of nitrogens with one attached hydrogen (secondary N) is 1. The van der Waals surface area contributed by atoms with E-state index in [2.05, 4.69) is 9.97 Å². The zero-order valence-corrected chi connectivity index (χ0v) is 20.6. The highest BCUT2D eigenvalue weighted by atomic mass is 32.2. The van der Waals surface area contributed by atoms with Gasteiger partial charge < -0.3 is 14.6 Å². The first-order valence-corrected chi connectivity index (χ1v) is 13.2. The molecule has 0 saturated carbocycles. The molecule has 3 aromatic carbocycles. The van der Waals surface area contributed by atoms with Crippen molar-refractivity contribution in [3.8, 4) is 28.1 Å². The summed E-state index contributed by atoms with van der Waals surface area (Å²) in [5.41, 5.74) is 4.92. The van der Waals surface area contributed by atoms with Gasteiger partial charge in [-0.3, -0.25) is 4.79 Å². The SMILES string of the molecule is Cc1c(C(=O)N2CCOc3ccc(-c4ccc(-c5cnc[nH]5)cc4)cc3C2)ccc(S(C)(=O)=O)c1F. The van der Waals surface area contributed by atoms with Crippen molar-refractivity contribution in [2.75, 3.05) is 19.4 Å². The van der Waals surface area contributed by atoms with Gasteiger partial charge in [-0.25, -0.2) is 17.8 Å². The van der Waals surface area contributed by atoms with Gasteiger partial charge in [0.1, 0.15) is 23.1 Å². The molecule has 0 atom stereocenters. The van der Waals surface area contributed by atoms with Gasteiger partial charge in [-0.05, 0) is 53.4 Å². The van der Waals surface area contributed by atoms with Crippen LogP contribution in [0.2, 0.25) is 0 Å². The number of aromatic nitrogens is 2. The molecule has 0 aliphatic carbocycles. The molecule has 1 amide bonds. The average molecular weight is 506 g/mol. The van der Waals surface area contributed by atoms with E-state index in [1.165, 1.54) is 13.0 Å². The first-order chi connectivity index (χ1) is 17.2. The minimum atomic E-state index is -3.74. The second kappa shape index (κ2) is 9.23. The molecule has 0 spiro atoms. The second-order valence-corrected chi connectivity index (χ2v) is 10.7. The van der Waals surface area contributed by atoms with E-state index in [-0.39, 0.29) is 23.6 Å². The van der Waals surface area contributed by atoms with E-state index in [1.54, 1.807) is 17.4 Å². The maximum absolute atomic E-state index is 14.8. The Morgan fingerprint density at radius 3 is 2.47 bits per heavy atom. The smallest absolute Gasteiger partial charge is 0.254 e. The van der Waals surface area contributed by atoms with Gasteiger partial charge in [-0.1, -0.05) is 30.3 Å². The highest BCUT2D eigenvalue weighted by molar-refractivity contribution is 7.90. The third kappa shape index (κ3) is 4.49. The van der Waals surface area contributed by atoms with Crippen LogP contribution in [0.3, 0.4) is 0 Å². The van der Waals surface area contributed by atoms with Crippen LogP contribution in [0.1, 0.15) is 21.5 Å². The van der Waals surface area contributed by atoms with Crippen LogP contribution >= 0.6 is 0 Å². The highest BCUT2D eigenvalue weighted by Gasteiger charge is 2.26. The van der Waals surface area contributed by atoms with E-state index in [9.17, 15) is 17.6 Å². The Hall–Kier alpha value is -3.98. The number of nitrogens with zero attached hydrogens (tertiary/aromatic N) is 2. The van der Waals surface area contributed by atoms with Crippen molar-refractivity contribution in [3.05, 3.63) is 89.6 Å². The Morgan fingerprint density at radius 1 is 1.06 bits per heavy atom. The Bertz CT molecular complexity index is 1550. The fraction of sp³-hybridized carbons (Fsp3) is 0.185. The van der Waals surface area contributed by atoms with Crippen LogP contribution < -0.4 is 4.74 Å². The summed E-state index contributed by atoms with van der Waals surface area (Å²) in [6, 6.07) is 16.5. The number of hydrogen-bond acceptors (Lipinski definition) is 5. The number of carbonyl (C=O) groups is 1. The number of fused-ring (bicyclic) bond motifs is 1. The number of aromatic amines is 1. The van der Waals surface area contributed by atoms with E-state index in [4.69, 9.17) is 4.74 Å². The molecule has 5 rings (SSSR count). The average Bonchev–Trinajstić information content (AvgIpc) is 3.31. The number of ether oxygens (including phenoxy) is 1. The van der Waals surface area contributed by atoms with Crippen molar-refractivity contribution in [1.82, 2.24) is 14.9 Å². The lowest BCUT2D eigenvalue weighted by Gasteiger charge is -2.21. The van der Waals surface area contributed by atoms with Crippen LogP contribution in [-0.2, 0) is 16.4 Å². The molecule has 7 nitrogen and oxygen atoms in total. The zero-order valence-electron chi connectivity index (χ0n) is 19.8. The molecule has 0 radical (unpaired) electrons. The first kappa shape index (κ1) is 23.7. The zero-order chi connectivity index (χ0) is 25.4. The van der Waals surface area contributed by atoms with Gasteiger partial charge in [-0.15, -0.1) is 0 Å². The third-order valence-electron chi connectivity index (χ3n) is 6.34. The number of benzene rings is 3. The van der Waals surface area contributed by atoms with Crippen LogP contribution in [-0.4, -0.2) is 48.6 Å². The Morgan fingerprint density at radius 2 is 1.78 bits per heavy atom. The van der Waals surface area contributed by atoms with E-state index >= 15 is 0 Å². The number of imidazole rings is 1. The Kier molecular flexibility index (Phi) is 6.09. The molecule has 36 heavy (non-hydrogen) atoms. The number of halogens is 1. The number of sulfone groups is 1.